The van der Waals surface area contributed by atoms with Crippen molar-refractivity contribution in [3.8, 4) is 0 Å². The van der Waals surface area contributed by atoms with Crippen molar-refractivity contribution in [1.29, 1.82) is 0 Å². The molecule has 2 heterocycles. The molecule has 1 N–H and O–H groups in total. The molecule has 3 atom stereocenters. The van der Waals surface area contributed by atoms with E-state index < -0.39 is 10.0 Å². The summed E-state index contributed by atoms with van der Waals surface area (Å²) >= 11 is 0. The molecule has 0 spiro atoms. The lowest BCUT2D eigenvalue weighted by Gasteiger charge is -2.20. The molecule has 1 saturated carbocycles. The fourth-order valence-corrected chi connectivity index (χ4v) is 5.53. The first-order valence-electron chi connectivity index (χ1n) is 8.56. The summed E-state index contributed by atoms with van der Waals surface area (Å²) in [7, 11) is -3.20. The molecule has 1 amide bonds. The van der Waals surface area contributed by atoms with Crippen LogP contribution in [-0.2, 0) is 21.4 Å². The van der Waals surface area contributed by atoms with E-state index in [0.29, 0.717) is 24.8 Å². The molecule has 130 valence electrons. The summed E-state index contributed by atoms with van der Waals surface area (Å²) in [5, 5.41) is 3.03. The van der Waals surface area contributed by atoms with Crippen LogP contribution < -0.4 is 5.32 Å². The molecule has 7 heteroatoms. The van der Waals surface area contributed by atoms with Gasteiger partial charge >= 0.3 is 0 Å². The summed E-state index contributed by atoms with van der Waals surface area (Å²) in [4.78, 5) is 14.5. The number of piperidine rings is 1. The Kier molecular flexibility index (Phi) is 4.10. The van der Waals surface area contributed by atoms with Gasteiger partial charge in [-0.05, 0) is 23.8 Å². The Labute approximate surface area is 142 Å². The van der Waals surface area contributed by atoms with Crippen molar-refractivity contribution in [3.63, 3.8) is 0 Å². The quantitative estimate of drug-likeness (QED) is 0.828. The zero-order valence-corrected chi connectivity index (χ0v) is 14.4. The third-order valence-electron chi connectivity index (χ3n) is 5.37. The lowest BCUT2D eigenvalue weighted by molar-refractivity contribution is -0.121. The van der Waals surface area contributed by atoms with Gasteiger partial charge < -0.3 is 5.32 Å². The van der Waals surface area contributed by atoms with E-state index in [4.69, 9.17) is 0 Å². The zero-order valence-electron chi connectivity index (χ0n) is 13.6. The van der Waals surface area contributed by atoms with Crippen LogP contribution in [0.5, 0.6) is 0 Å². The fraction of sp³-hybridized carbons (Fsp3) is 0.588. The smallest absolute Gasteiger partial charge is 0.235 e. The number of likely N-dealkylation sites (tertiary alicyclic amines) is 1. The van der Waals surface area contributed by atoms with Crippen molar-refractivity contribution in [1.82, 2.24) is 14.5 Å². The second-order valence-corrected chi connectivity index (χ2v) is 9.19. The van der Waals surface area contributed by atoms with Gasteiger partial charge in [0.2, 0.25) is 15.9 Å². The lowest BCUT2D eigenvalue weighted by Crippen LogP contribution is -2.41. The molecular formula is C17H23N3O3S. The number of rotatable bonds is 5. The standard InChI is InChI=1S/C17H23N3O3S/c21-16(12-20-7-4-8-24(20,22)23)18-17-14-10-19(11-15(14)17)9-13-5-2-1-3-6-13/h1-3,5-6,14-15,17H,4,7-12H2,(H,18,21)/t14-,15+,17?. The number of hydrogen-bond donors (Lipinski definition) is 1. The average Bonchev–Trinajstić information content (AvgIpc) is 2.87. The van der Waals surface area contributed by atoms with E-state index >= 15 is 0 Å². The van der Waals surface area contributed by atoms with Crippen LogP contribution in [0.25, 0.3) is 0 Å². The molecule has 2 aliphatic heterocycles. The third-order valence-corrected chi connectivity index (χ3v) is 7.27. The molecule has 3 fully saturated rings. The Morgan fingerprint density at radius 1 is 1.17 bits per heavy atom. The minimum absolute atomic E-state index is 0.0218. The van der Waals surface area contributed by atoms with E-state index in [1.54, 1.807) is 0 Å². The molecule has 2 saturated heterocycles. The van der Waals surface area contributed by atoms with Gasteiger partial charge in [0.15, 0.2) is 0 Å². The van der Waals surface area contributed by atoms with Crippen molar-refractivity contribution in [3.05, 3.63) is 35.9 Å². The number of sulfonamides is 1. The SMILES string of the molecule is O=C(CN1CCCS1(=O)=O)NC1[C@H]2CN(Cc3ccccc3)C[C@@H]12. The largest absolute Gasteiger partial charge is 0.352 e. The van der Waals surface area contributed by atoms with Crippen LogP contribution >= 0.6 is 0 Å². The molecule has 0 aromatic heterocycles. The first-order chi connectivity index (χ1) is 11.5. The second kappa shape index (κ2) is 6.13. The number of fused-ring (bicyclic) bond motifs is 1. The van der Waals surface area contributed by atoms with Gasteiger partial charge in [0.25, 0.3) is 0 Å². The van der Waals surface area contributed by atoms with Gasteiger partial charge in [-0.15, -0.1) is 0 Å². The minimum atomic E-state index is -3.20. The van der Waals surface area contributed by atoms with Gasteiger partial charge in [-0.1, -0.05) is 30.3 Å². The Balaban J connectivity index is 1.23. The molecule has 4 rings (SSSR count). The minimum Gasteiger partial charge on any atom is -0.352 e. The van der Waals surface area contributed by atoms with Crippen LogP contribution in [0.15, 0.2) is 30.3 Å². The lowest BCUT2D eigenvalue weighted by atomic mass is 10.2. The number of benzene rings is 1. The Morgan fingerprint density at radius 3 is 2.50 bits per heavy atom. The van der Waals surface area contributed by atoms with E-state index in [2.05, 4.69) is 34.5 Å². The number of hydrogen-bond acceptors (Lipinski definition) is 4. The molecular weight excluding hydrogens is 326 g/mol. The first-order valence-corrected chi connectivity index (χ1v) is 10.2. The van der Waals surface area contributed by atoms with Gasteiger partial charge in [-0.3, -0.25) is 9.69 Å². The van der Waals surface area contributed by atoms with Gasteiger partial charge in [-0.25, -0.2) is 8.42 Å². The first kappa shape index (κ1) is 16.1. The Bertz CT molecular complexity index is 710. The molecule has 1 aliphatic carbocycles. The number of carbonyl (C=O) groups excluding carboxylic acids is 1. The summed E-state index contributed by atoms with van der Waals surface area (Å²) in [5.74, 6) is 1.05. The highest BCUT2D eigenvalue weighted by atomic mass is 32.2. The number of amides is 1. The number of nitrogens with one attached hydrogen (secondary N) is 1. The zero-order chi connectivity index (χ0) is 16.7. The monoisotopic (exact) mass is 349 g/mol. The molecule has 1 unspecified atom stereocenters. The van der Waals surface area contributed by atoms with Gasteiger partial charge in [0.1, 0.15) is 0 Å². The highest BCUT2D eigenvalue weighted by Crippen LogP contribution is 2.45. The number of carbonyl (C=O) groups is 1. The van der Waals surface area contributed by atoms with E-state index in [1.807, 2.05) is 6.07 Å². The van der Waals surface area contributed by atoms with Crippen LogP contribution in [0.4, 0.5) is 0 Å². The van der Waals surface area contributed by atoms with Crippen LogP contribution in [0, 0.1) is 11.8 Å². The summed E-state index contributed by atoms with van der Waals surface area (Å²) < 4.78 is 24.8. The summed E-state index contributed by atoms with van der Waals surface area (Å²) in [6.45, 7) is 3.42. The van der Waals surface area contributed by atoms with Crippen molar-refractivity contribution < 1.29 is 13.2 Å². The predicted octanol–water partition coefficient (Wildman–Crippen LogP) is 0.269. The molecule has 1 aromatic rings. The second-order valence-electron chi connectivity index (χ2n) is 7.10. The highest BCUT2D eigenvalue weighted by Gasteiger charge is 2.56. The van der Waals surface area contributed by atoms with Gasteiger partial charge in [-0.2, -0.15) is 4.31 Å². The van der Waals surface area contributed by atoms with Crippen LogP contribution in [0.3, 0.4) is 0 Å². The summed E-state index contributed by atoms with van der Waals surface area (Å²) in [5.41, 5.74) is 1.32. The van der Waals surface area contributed by atoms with Gasteiger partial charge in [0.05, 0.1) is 12.3 Å². The average molecular weight is 349 g/mol. The van der Waals surface area contributed by atoms with Crippen molar-refractivity contribution in [2.75, 3.05) is 31.9 Å². The van der Waals surface area contributed by atoms with E-state index in [-0.39, 0.29) is 24.2 Å². The molecule has 6 nitrogen and oxygen atoms in total. The van der Waals surface area contributed by atoms with Crippen LogP contribution in [-0.4, -0.2) is 61.5 Å². The molecule has 24 heavy (non-hydrogen) atoms. The van der Waals surface area contributed by atoms with E-state index in [9.17, 15) is 13.2 Å². The highest BCUT2D eigenvalue weighted by molar-refractivity contribution is 7.89. The Morgan fingerprint density at radius 2 is 1.88 bits per heavy atom. The summed E-state index contributed by atoms with van der Waals surface area (Å²) in [6, 6.07) is 10.6. The third kappa shape index (κ3) is 3.20. The maximum absolute atomic E-state index is 12.1. The maximum atomic E-state index is 12.1. The summed E-state index contributed by atoms with van der Waals surface area (Å²) in [6.07, 6.45) is 0.624. The van der Waals surface area contributed by atoms with E-state index in [0.717, 1.165) is 19.6 Å². The molecule has 3 aliphatic rings. The topological polar surface area (TPSA) is 69.7 Å². The molecule has 1 aromatic carbocycles. The maximum Gasteiger partial charge on any atom is 0.235 e. The van der Waals surface area contributed by atoms with Crippen LogP contribution in [0.2, 0.25) is 0 Å². The Hall–Kier alpha value is -1.44. The predicted molar refractivity (Wildman–Crippen MR) is 90.6 cm³/mol. The molecule has 0 radical (unpaired) electrons. The number of nitrogens with zero attached hydrogens (tertiary/aromatic N) is 2. The van der Waals surface area contributed by atoms with Crippen molar-refractivity contribution in [2.24, 2.45) is 11.8 Å². The van der Waals surface area contributed by atoms with Crippen molar-refractivity contribution >= 4 is 15.9 Å². The molecule has 0 bridgehead atoms. The van der Waals surface area contributed by atoms with E-state index in [1.165, 1.54) is 9.87 Å². The van der Waals surface area contributed by atoms with Crippen molar-refractivity contribution in [2.45, 2.75) is 19.0 Å². The fourth-order valence-electron chi connectivity index (χ4n) is 4.06. The van der Waals surface area contributed by atoms with Gasteiger partial charge in [0, 0.05) is 32.2 Å². The normalized spacial score (nSPS) is 31.8. The van der Waals surface area contributed by atoms with Crippen LogP contribution in [0.1, 0.15) is 12.0 Å².